The molecule has 1 aromatic heterocycles. The number of nitrogens with zero attached hydrogens (tertiary/aromatic N) is 3. The summed E-state index contributed by atoms with van der Waals surface area (Å²) >= 11 is 0. The van der Waals surface area contributed by atoms with Gasteiger partial charge in [-0.2, -0.15) is 5.26 Å². The highest BCUT2D eigenvalue weighted by atomic mass is 16.5. The molecular formula is C26H28N4O2. The van der Waals surface area contributed by atoms with E-state index in [1.54, 1.807) is 6.08 Å². The van der Waals surface area contributed by atoms with Crippen molar-refractivity contribution < 1.29 is 9.53 Å². The van der Waals surface area contributed by atoms with Gasteiger partial charge in [-0.25, -0.2) is 0 Å². The largest absolute Gasteiger partial charge is 0.379 e. The Bertz CT molecular complexity index is 1110. The van der Waals surface area contributed by atoms with Gasteiger partial charge in [-0.05, 0) is 17.7 Å². The highest BCUT2D eigenvalue weighted by molar-refractivity contribution is 5.96. The Kier molecular flexibility index (Phi) is 7.34. The van der Waals surface area contributed by atoms with Crippen molar-refractivity contribution in [2.24, 2.45) is 0 Å². The van der Waals surface area contributed by atoms with Gasteiger partial charge in [-0.3, -0.25) is 9.69 Å². The van der Waals surface area contributed by atoms with Crippen molar-refractivity contribution in [3.63, 3.8) is 0 Å². The van der Waals surface area contributed by atoms with Crippen LogP contribution in [0, 0.1) is 11.3 Å². The molecule has 1 amide bonds. The van der Waals surface area contributed by atoms with Crippen molar-refractivity contribution in [3.8, 4) is 6.07 Å². The summed E-state index contributed by atoms with van der Waals surface area (Å²) in [4.78, 5) is 15.2. The fourth-order valence-electron chi connectivity index (χ4n) is 4.11. The summed E-state index contributed by atoms with van der Waals surface area (Å²) in [6, 6.07) is 20.3. The van der Waals surface area contributed by atoms with Crippen LogP contribution in [0.15, 0.2) is 66.9 Å². The molecule has 2 aromatic carbocycles. The molecule has 1 aliphatic heterocycles. The number of hydrogen-bond acceptors (Lipinski definition) is 4. The van der Waals surface area contributed by atoms with Crippen LogP contribution >= 0.6 is 0 Å². The number of aromatic nitrogens is 1. The van der Waals surface area contributed by atoms with Crippen LogP contribution < -0.4 is 5.32 Å². The van der Waals surface area contributed by atoms with Crippen molar-refractivity contribution >= 4 is 22.9 Å². The highest BCUT2D eigenvalue weighted by Crippen LogP contribution is 2.23. The average molecular weight is 429 g/mol. The van der Waals surface area contributed by atoms with Gasteiger partial charge in [0.05, 0.1) is 31.7 Å². The summed E-state index contributed by atoms with van der Waals surface area (Å²) in [5.41, 5.74) is 3.13. The Morgan fingerprint density at radius 1 is 1.12 bits per heavy atom. The normalized spacial score (nSPS) is 15.6. The van der Waals surface area contributed by atoms with Gasteiger partial charge < -0.3 is 14.6 Å². The first kappa shape index (κ1) is 21.8. The number of benzene rings is 2. The fourth-order valence-corrected chi connectivity index (χ4v) is 4.11. The van der Waals surface area contributed by atoms with Gasteiger partial charge >= 0.3 is 0 Å². The van der Waals surface area contributed by atoms with Gasteiger partial charge in [0, 0.05) is 54.9 Å². The summed E-state index contributed by atoms with van der Waals surface area (Å²) in [6.07, 6.45) is 5.92. The van der Waals surface area contributed by atoms with Gasteiger partial charge in [0.1, 0.15) is 0 Å². The zero-order chi connectivity index (χ0) is 22.2. The number of ether oxygens (including phenoxy) is 1. The molecule has 3 aromatic rings. The Morgan fingerprint density at radius 3 is 2.66 bits per heavy atom. The Morgan fingerprint density at radius 2 is 1.88 bits per heavy atom. The van der Waals surface area contributed by atoms with Crippen LogP contribution in [0.4, 0.5) is 0 Å². The maximum absolute atomic E-state index is 12.9. The minimum atomic E-state index is -0.124. The smallest absolute Gasteiger partial charge is 0.244 e. The summed E-state index contributed by atoms with van der Waals surface area (Å²) in [7, 11) is 0. The molecule has 0 radical (unpaired) electrons. The number of fused-ring (bicyclic) bond motifs is 1. The molecule has 164 valence electrons. The lowest BCUT2D eigenvalue weighted by Crippen LogP contribution is -2.42. The second kappa shape index (κ2) is 10.8. The number of aryl methyl sites for hydroxylation is 1. The van der Waals surface area contributed by atoms with Crippen LogP contribution in [0.5, 0.6) is 0 Å². The van der Waals surface area contributed by atoms with E-state index < -0.39 is 0 Å². The number of nitriles is 1. The Hall–Kier alpha value is -3.40. The summed E-state index contributed by atoms with van der Waals surface area (Å²) in [5, 5.41) is 13.2. The molecule has 1 N–H and O–H groups in total. The second-order valence-corrected chi connectivity index (χ2v) is 7.92. The van der Waals surface area contributed by atoms with Crippen LogP contribution in [0.3, 0.4) is 0 Å². The molecule has 6 nitrogen and oxygen atoms in total. The molecule has 32 heavy (non-hydrogen) atoms. The SMILES string of the molecule is N#CCCn1cc(/C=C/C(=O)NC(CN2CCOCC2)c2ccccc2)c2ccccc21. The van der Waals surface area contributed by atoms with Crippen molar-refractivity contribution in [1.29, 1.82) is 5.26 Å². The Labute approximate surface area is 188 Å². The first-order valence-electron chi connectivity index (χ1n) is 11.0. The number of nitrogens with one attached hydrogen (secondary N) is 1. The molecule has 1 atom stereocenters. The molecule has 1 aliphatic rings. The first-order valence-corrected chi connectivity index (χ1v) is 11.0. The molecule has 0 aliphatic carbocycles. The minimum absolute atomic E-state index is 0.0941. The zero-order valence-electron chi connectivity index (χ0n) is 18.1. The van der Waals surface area contributed by atoms with E-state index in [0.29, 0.717) is 13.0 Å². The second-order valence-electron chi connectivity index (χ2n) is 7.92. The number of hydrogen-bond donors (Lipinski definition) is 1. The number of morpholine rings is 1. The molecule has 0 saturated carbocycles. The first-order chi connectivity index (χ1) is 15.7. The molecule has 1 fully saturated rings. The number of carbonyl (C=O) groups is 1. The Balaban J connectivity index is 1.50. The maximum Gasteiger partial charge on any atom is 0.244 e. The standard InChI is InChI=1S/C26H28N4O2/c27-13-6-14-30-19-22(23-9-4-5-10-25(23)30)11-12-26(31)28-24(21-7-2-1-3-8-21)20-29-15-17-32-18-16-29/h1-5,7-12,19,24H,6,14-18,20H2,(H,28,31)/b12-11+. The van der Waals surface area contributed by atoms with E-state index in [1.807, 2.05) is 54.7 Å². The van der Waals surface area contributed by atoms with Crippen molar-refractivity contribution in [2.45, 2.75) is 19.0 Å². The van der Waals surface area contributed by atoms with Gasteiger partial charge in [0.2, 0.25) is 5.91 Å². The van der Waals surface area contributed by atoms with Crippen molar-refractivity contribution in [3.05, 3.63) is 78.0 Å². The zero-order valence-corrected chi connectivity index (χ0v) is 18.1. The van der Waals surface area contributed by atoms with E-state index in [-0.39, 0.29) is 11.9 Å². The summed E-state index contributed by atoms with van der Waals surface area (Å²) < 4.78 is 7.53. The van der Waals surface area contributed by atoms with E-state index in [4.69, 9.17) is 10.00 Å². The highest BCUT2D eigenvalue weighted by Gasteiger charge is 2.19. The lowest BCUT2D eigenvalue weighted by molar-refractivity contribution is -0.117. The average Bonchev–Trinajstić information content (AvgIpc) is 3.20. The fraction of sp³-hybridized carbons (Fsp3) is 0.308. The predicted molar refractivity (Wildman–Crippen MR) is 126 cm³/mol. The van der Waals surface area contributed by atoms with Crippen LogP contribution in [-0.2, 0) is 16.1 Å². The third-order valence-corrected chi connectivity index (χ3v) is 5.76. The quantitative estimate of drug-likeness (QED) is 0.555. The molecule has 2 heterocycles. The monoisotopic (exact) mass is 428 g/mol. The van der Waals surface area contributed by atoms with Crippen molar-refractivity contribution in [1.82, 2.24) is 14.8 Å². The molecule has 4 rings (SSSR count). The van der Waals surface area contributed by atoms with Gasteiger partial charge in [-0.1, -0.05) is 48.5 Å². The molecule has 1 unspecified atom stereocenters. The van der Waals surface area contributed by atoms with Gasteiger partial charge in [-0.15, -0.1) is 0 Å². The number of rotatable bonds is 8. The topological polar surface area (TPSA) is 70.3 Å². The minimum Gasteiger partial charge on any atom is -0.379 e. The molecule has 6 heteroatoms. The van der Waals surface area contributed by atoms with Gasteiger partial charge in [0.15, 0.2) is 0 Å². The lowest BCUT2D eigenvalue weighted by atomic mass is 10.1. The van der Waals surface area contributed by atoms with Crippen molar-refractivity contribution in [2.75, 3.05) is 32.8 Å². The lowest BCUT2D eigenvalue weighted by Gasteiger charge is -2.31. The molecule has 1 saturated heterocycles. The number of amides is 1. The number of para-hydroxylation sites is 1. The van der Waals surface area contributed by atoms with Crippen LogP contribution in [0.2, 0.25) is 0 Å². The third kappa shape index (κ3) is 5.44. The summed E-state index contributed by atoms with van der Waals surface area (Å²) in [5.74, 6) is -0.124. The van der Waals surface area contributed by atoms with Gasteiger partial charge in [0.25, 0.3) is 0 Å². The van der Waals surface area contributed by atoms with E-state index >= 15 is 0 Å². The van der Waals surface area contributed by atoms with E-state index in [0.717, 1.165) is 54.9 Å². The molecule has 0 spiro atoms. The number of carbonyl (C=O) groups excluding carboxylic acids is 1. The molecule has 0 bridgehead atoms. The third-order valence-electron chi connectivity index (χ3n) is 5.76. The maximum atomic E-state index is 12.9. The molecular weight excluding hydrogens is 400 g/mol. The van der Waals surface area contributed by atoms with E-state index in [9.17, 15) is 4.79 Å². The van der Waals surface area contributed by atoms with E-state index in [1.165, 1.54) is 0 Å². The van der Waals surface area contributed by atoms with Crippen LogP contribution in [0.1, 0.15) is 23.6 Å². The van der Waals surface area contributed by atoms with E-state index in [2.05, 4.69) is 33.0 Å². The van der Waals surface area contributed by atoms with Crippen LogP contribution in [0.25, 0.3) is 17.0 Å². The summed E-state index contributed by atoms with van der Waals surface area (Å²) in [6.45, 7) is 4.58. The van der Waals surface area contributed by atoms with Crippen LogP contribution in [-0.4, -0.2) is 48.2 Å². The predicted octanol–water partition coefficient (Wildman–Crippen LogP) is 3.76.